The summed E-state index contributed by atoms with van der Waals surface area (Å²) in [7, 11) is -1.70. The topological polar surface area (TPSA) is 39.7 Å². The van der Waals surface area contributed by atoms with Gasteiger partial charge < -0.3 is 10.6 Å². The normalized spacial score (nSPS) is 16.8. The number of nitrogens with zero attached hydrogens (tertiary/aromatic N) is 2. The molecular formula is C21H31Cl2N4P. The highest BCUT2D eigenvalue weighted by Gasteiger charge is 2.26. The molecule has 7 heteroatoms. The van der Waals surface area contributed by atoms with E-state index in [0.717, 1.165) is 38.4 Å². The van der Waals surface area contributed by atoms with E-state index in [2.05, 4.69) is 65.8 Å². The Kier molecular flexibility index (Phi) is 7.93. The molecule has 0 amide bonds. The molecule has 1 atom stereocenters. The lowest BCUT2D eigenvalue weighted by Gasteiger charge is -2.35. The molecule has 0 spiro atoms. The Balaban J connectivity index is 1.99. The molecule has 0 fully saturated rings. The lowest BCUT2D eigenvalue weighted by molar-refractivity contribution is 0.358. The predicted octanol–water partition coefficient (Wildman–Crippen LogP) is 6.33. The van der Waals surface area contributed by atoms with E-state index >= 15 is 0 Å². The van der Waals surface area contributed by atoms with Gasteiger partial charge in [-0.2, -0.15) is 0 Å². The van der Waals surface area contributed by atoms with Crippen molar-refractivity contribution in [2.45, 2.75) is 26.3 Å². The maximum absolute atomic E-state index is 6.07. The van der Waals surface area contributed by atoms with Crippen LogP contribution >= 0.6 is 30.3 Å². The second kappa shape index (κ2) is 10.2. The number of nitrogens with one attached hydrogen (secondary N) is 2. The highest BCUT2D eigenvalue weighted by Crippen LogP contribution is 2.52. The van der Waals surface area contributed by atoms with Crippen LogP contribution in [0.1, 0.15) is 20.3 Å². The van der Waals surface area contributed by atoms with Crippen LogP contribution in [-0.4, -0.2) is 54.6 Å². The Hall–Kier alpha value is -0.930. The van der Waals surface area contributed by atoms with Crippen LogP contribution < -0.4 is 10.6 Å². The van der Waals surface area contributed by atoms with Crippen LogP contribution in [0, 0.1) is 0 Å². The second-order valence-electron chi connectivity index (χ2n) is 7.48. The zero-order valence-corrected chi connectivity index (χ0v) is 19.2. The Labute approximate surface area is 179 Å². The first-order valence-corrected chi connectivity index (χ1v) is 13.4. The maximum atomic E-state index is 6.07. The van der Waals surface area contributed by atoms with Gasteiger partial charge in [0.2, 0.25) is 0 Å². The molecule has 1 unspecified atom stereocenters. The highest BCUT2D eigenvalue weighted by molar-refractivity contribution is 7.66. The number of alkyl halides is 2. The van der Waals surface area contributed by atoms with Crippen molar-refractivity contribution in [3.63, 3.8) is 0 Å². The minimum atomic E-state index is -1.70. The zero-order valence-electron chi connectivity index (χ0n) is 16.8. The van der Waals surface area contributed by atoms with Gasteiger partial charge in [-0.3, -0.25) is 9.64 Å². The summed E-state index contributed by atoms with van der Waals surface area (Å²) in [5.41, 5.74) is 2.37. The molecule has 3 rings (SSSR count). The van der Waals surface area contributed by atoms with Gasteiger partial charge in [-0.05, 0) is 30.9 Å². The molecule has 154 valence electrons. The third kappa shape index (κ3) is 5.16. The van der Waals surface area contributed by atoms with E-state index in [4.69, 9.17) is 27.9 Å². The van der Waals surface area contributed by atoms with Gasteiger partial charge in [-0.1, -0.05) is 31.2 Å². The van der Waals surface area contributed by atoms with Gasteiger partial charge in [0.15, 0.2) is 0 Å². The molecule has 1 heterocycles. The summed E-state index contributed by atoms with van der Waals surface area (Å²) in [6.45, 7) is 6.12. The molecule has 2 aromatic rings. The zero-order chi connectivity index (χ0) is 20.0. The van der Waals surface area contributed by atoms with Crippen LogP contribution in [0.25, 0.3) is 10.8 Å². The SMILES string of the molecule is CCC(C)N=P1(CN(CCCl)CCCl)CNc2cccc3cccc(c23)NC1. The van der Waals surface area contributed by atoms with Crippen LogP contribution in [0.5, 0.6) is 0 Å². The van der Waals surface area contributed by atoms with E-state index in [-0.39, 0.29) is 0 Å². The van der Waals surface area contributed by atoms with Crippen molar-refractivity contribution in [2.75, 3.05) is 54.3 Å². The average molecular weight is 441 g/mol. The van der Waals surface area contributed by atoms with Gasteiger partial charge in [-0.25, -0.2) is 0 Å². The molecule has 0 aliphatic carbocycles. The Morgan fingerprint density at radius 2 is 1.61 bits per heavy atom. The van der Waals surface area contributed by atoms with Gasteiger partial charge in [0.05, 0.1) is 12.6 Å². The van der Waals surface area contributed by atoms with E-state index in [1.807, 2.05) is 0 Å². The van der Waals surface area contributed by atoms with Crippen molar-refractivity contribution in [1.29, 1.82) is 0 Å². The molecule has 28 heavy (non-hydrogen) atoms. The van der Waals surface area contributed by atoms with Crippen molar-refractivity contribution in [1.82, 2.24) is 4.90 Å². The Morgan fingerprint density at radius 3 is 2.11 bits per heavy atom. The van der Waals surface area contributed by atoms with Crippen molar-refractivity contribution in [3.05, 3.63) is 36.4 Å². The van der Waals surface area contributed by atoms with Gasteiger partial charge in [0.25, 0.3) is 0 Å². The first kappa shape index (κ1) is 21.8. The predicted molar refractivity (Wildman–Crippen MR) is 128 cm³/mol. The summed E-state index contributed by atoms with van der Waals surface area (Å²) in [6, 6.07) is 13.3. The van der Waals surface area contributed by atoms with Crippen molar-refractivity contribution >= 4 is 52.4 Å². The summed E-state index contributed by atoms with van der Waals surface area (Å²) in [5, 5.41) is 10.0. The third-order valence-electron chi connectivity index (χ3n) is 5.33. The first-order chi connectivity index (χ1) is 13.6. The Bertz CT molecular complexity index is 790. The van der Waals surface area contributed by atoms with Crippen LogP contribution in [0.4, 0.5) is 11.4 Å². The molecular weight excluding hydrogens is 410 g/mol. The van der Waals surface area contributed by atoms with Gasteiger partial charge in [0, 0.05) is 61.0 Å². The number of anilines is 2. The fourth-order valence-electron chi connectivity index (χ4n) is 3.74. The molecule has 2 aromatic carbocycles. The highest BCUT2D eigenvalue weighted by atomic mass is 35.5. The molecule has 4 nitrogen and oxygen atoms in total. The van der Waals surface area contributed by atoms with E-state index in [1.165, 1.54) is 22.1 Å². The summed E-state index contributed by atoms with van der Waals surface area (Å²) < 4.78 is 5.39. The molecule has 0 saturated carbocycles. The van der Waals surface area contributed by atoms with Crippen molar-refractivity contribution in [2.24, 2.45) is 4.74 Å². The standard InChI is InChI=1S/C21H31Cl2N4P/c1-3-17(2)26-28(16-27(12-10-22)13-11-23)14-24-19-8-4-6-18-7-5-9-20(21(18)19)25-15-28/h4-9,17,24-25H,3,10-16H2,1-2H3. The molecule has 1 aliphatic heterocycles. The third-order valence-corrected chi connectivity index (χ3v) is 8.97. The smallest absolute Gasteiger partial charge is 0.0526 e. The fourth-order valence-corrected chi connectivity index (χ4v) is 7.72. The molecule has 1 aliphatic rings. The molecule has 0 saturated heterocycles. The molecule has 0 radical (unpaired) electrons. The second-order valence-corrected chi connectivity index (χ2v) is 11.6. The number of rotatable bonds is 8. The first-order valence-electron chi connectivity index (χ1n) is 10.0. The number of hydrogen-bond donors (Lipinski definition) is 2. The van der Waals surface area contributed by atoms with Crippen LogP contribution in [0.15, 0.2) is 41.1 Å². The largest absolute Gasteiger partial charge is 0.379 e. The van der Waals surface area contributed by atoms with Crippen LogP contribution in [-0.2, 0) is 0 Å². The van der Waals surface area contributed by atoms with E-state index in [9.17, 15) is 0 Å². The van der Waals surface area contributed by atoms with Crippen LogP contribution in [0.2, 0.25) is 0 Å². The van der Waals surface area contributed by atoms with Gasteiger partial charge in [-0.15, -0.1) is 23.2 Å². The van der Waals surface area contributed by atoms with E-state index in [0.29, 0.717) is 17.8 Å². The minimum Gasteiger partial charge on any atom is -0.379 e. The molecule has 0 aromatic heterocycles. The summed E-state index contributed by atoms with van der Waals surface area (Å²) in [5.74, 6) is 1.23. The van der Waals surface area contributed by atoms with Gasteiger partial charge in [0.1, 0.15) is 0 Å². The summed E-state index contributed by atoms with van der Waals surface area (Å²) in [6.07, 6.45) is 3.77. The quantitative estimate of drug-likeness (QED) is 0.372. The lowest BCUT2D eigenvalue weighted by Crippen LogP contribution is -2.32. The van der Waals surface area contributed by atoms with E-state index in [1.54, 1.807) is 0 Å². The van der Waals surface area contributed by atoms with Gasteiger partial charge >= 0.3 is 0 Å². The summed E-state index contributed by atoms with van der Waals surface area (Å²) in [4.78, 5) is 2.39. The number of halogens is 2. The molecule has 2 N–H and O–H groups in total. The van der Waals surface area contributed by atoms with Crippen molar-refractivity contribution < 1.29 is 0 Å². The monoisotopic (exact) mass is 440 g/mol. The molecule has 0 bridgehead atoms. The number of hydrogen-bond acceptors (Lipinski definition) is 4. The maximum Gasteiger partial charge on any atom is 0.0526 e. The Morgan fingerprint density at radius 1 is 1.04 bits per heavy atom. The average Bonchev–Trinajstić information content (AvgIpc) is 2.69. The fraction of sp³-hybridized carbons (Fsp3) is 0.524. The minimum absolute atomic E-state index is 0.344. The lowest BCUT2D eigenvalue weighted by atomic mass is 10.1. The summed E-state index contributed by atoms with van der Waals surface area (Å²) >= 11 is 12.1. The van der Waals surface area contributed by atoms with Crippen LogP contribution in [0.3, 0.4) is 0 Å². The van der Waals surface area contributed by atoms with Crippen molar-refractivity contribution in [3.8, 4) is 0 Å². The van der Waals surface area contributed by atoms with E-state index < -0.39 is 7.05 Å². The number of benzene rings is 2.